The van der Waals surface area contributed by atoms with E-state index in [2.05, 4.69) is 30.6 Å². The van der Waals surface area contributed by atoms with Crippen LogP contribution in [0.3, 0.4) is 0 Å². The van der Waals surface area contributed by atoms with Crippen LogP contribution < -0.4 is 0 Å². The Balaban J connectivity index is 2.62. The van der Waals surface area contributed by atoms with Crippen LogP contribution in [0.2, 0.25) is 0 Å². The first-order valence-electron chi connectivity index (χ1n) is 4.79. The number of fused-ring (bicyclic) bond motifs is 1. The van der Waals surface area contributed by atoms with E-state index in [-0.39, 0.29) is 5.41 Å². The van der Waals surface area contributed by atoms with Crippen LogP contribution in [0.1, 0.15) is 25.8 Å². The molecule has 2 nitrogen and oxygen atoms in total. The highest BCUT2D eigenvalue weighted by atomic mass is 32.1. The fourth-order valence-corrected chi connectivity index (χ4v) is 2.36. The van der Waals surface area contributed by atoms with Crippen molar-refractivity contribution >= 4 is 27.2 Å². The smallest absolute Gasteiger partial charge is 0.188 e. The molecule has 0 atom stereocenters. The number of aromatic nitrogens is 1. The van der Waals surface area contributed by atoms with Crippen LogP contribution in [0, 0.1) is 6.57 Å². The predicted octanol–water partition coefficient (Wildman–Crippen LogP) is 4.14. The van der Waals surface area contributed by atoms with Gasteiger partial charge in [0, 0.05) is 10.1 Å². The summed E-state index contributed by atoms with van der Waals surface area (Å²) in [5.41, 5.74) is 1.77. The molecule has 0 aliphatic carbocycles. The molecule has 0 fully saturated rings. The molecule has 76 valence electrons. The van der Waals surface area contributed by atoms with E-state index >= 15 is 0 Å². The Kier molecular flexibility index (Phi) is 2.24. The van der Waals surface area contributed by atoms with Gasteiger partial charge in [-0.1, -0.05) is 26.8 Å². The molecule has 2 rings (SSSR count). The van der Waals surface area contributed by atoms with Crippen LogP contribution >= 0.6 is 11.3 Å². The second kappa shape index (κ2) is 3.32. The molecular formula is C12H12N2S. The first kappa shape index (κ1) is 10.1. The molecule has 0 radical (unpaired) electrons. The lowest BCUT2D eigenvalue weighted by molar-refractivity contribution is 0.587. The Labute approximate surface area is 93.4 Å². The monoisotopic (exact) mass is 216 g/mol. The molecule has 0 bridgehead atoms. The summed E-state index contributed by atoms with van der Waals surface area (Å²) in [6.07, 6.45) is 0. The summed E-state index contributed by atoms with van der Waals surface area (Å²) in [7, 11) is 0. The molecule has 1 aromatic carbocycles. The van der Waals surface area contributed by atoms with E-state index in [1.807, 2.05) is 18.2 Å². The third-order valence-electron chi connectivity index (χ3n) is 2.14. The molecule has 0 amide bonds. The van der Waals surface area contributed by atoms with Gasteiger partial charge in [-0.05, 0) is 12.1 Å². The molecular weight excluding hydrogens is 204 g/mol. The normalized spacial score (nSPS) is 11.6. The minimum Gasteiger partial charge on any atom is -0.241 e. The average molecular weight is 216 g/mol. The minimum absolute atomic E-state index is 0.0853. The maximum absolute atomic E-state index is 6.96. The van der Waals surface area contributed by atoms with Gasteiger partial charge < -0.3 is 0 Å². The summed E-state index contributed by atoms with van der Waals surface area (Å²) in [6.45, 7) is 13.4. The fraction of sp³-hybridized carbons (Fsp3) is 0.333. The van der Waals surface area contributed by atoms with Crippen molar-refractivity contribution in [2.45, 2.75) is 26.2 Å². The highest BCUT2D eigenvalue weighted by Crippen LogP contribution is 2.32. The molecule has 0 aliphatic heterocycles. The van der Waals surface area contributed by atoms with Gasteiger partial charge in [0.25, 0.3) is 0 Å². The van der Waals surface area contributed by atoms with Gasteiger partial charge in [0.15, 0.2) is 5.69 Å². The largest absolute Gasteiger partial charge is 0.241 e. The van der Waals surface area contributed by atoms with Crippen LogP contribution in [0.25, 0.3) is 15.1 Å². The summed E-state index contributed by atoms with van der Waals surface area (Å²) in [4.78, 5) is 8.00. The first-order valence-corrected chi connectivity index (χ1v) is 5.61. The second-order valence-corrected chi connectivity index (χ2v) is 5.56. The average Bonchev–Trinajstić information content (AvgIpc) is 2.59. The van der Waals surface area contributed by atoms with Crippen molar-refractivity contribution in [2.75, 3.05) is 0 Å². The zero-order valence-corrected chi connectivity index (χ0v) is 9.85. The lowest BCUT2D eigenvalue weighted by Crippen LogP contribution is -2.09. The Bertz CT molecular complexity index is 541. The van der Waals surface area contributed by atoms with E-state index < -0.39 is 0 Å². The van der Waals surface area contributed by atoms with Crippen molar-refractivity contribution in [2.24, 2.45) is 0 Å². The van der Waals surface area contributed by atoms with Gasteiger partial charge in [0.05, 0.1) is 17.1 Å². The van der Waals surface area contributed by atoms with Crippen LogP contribution in [0.5, 0.6) is 0 Å². The lowest BCUT2D eigenvalue weighted by Gasteiger charge is -2.13. The summed E-state index contributed by atoms with van der Waals surface area (Å²) in [5.74, 6) is 0. The summed E-state index contributed by atoms with van der Waals surface area (Å²) >= 11 is 1.68. The Hall–Kier alpha value is -1.40. The van der Waals surface area contributed by atoms with Crippen molar-refractivity contribution in [1.82, 2.24) is 4.98 Å². The number of nitrogens with zero attached hydrogens (tertiary/aromatic N) is 2. The molecule has 0 unspecified atom stereocenters. The summed E-state index contributed by atoms with van der Waals surface area (Å²) < 4.78 is 1.11. The molecule has 15 heavy (non-hydrogen) atoms. The Morgan fingerprint density at radius 3 is 2.67 bits per heavy atom. The highest BCUT2D eigenvalue weighted by Gasteiger charge is 2.18. The van der Waals surface area contributed by atoms with E-state index in [1.165, 1.54) is 0 Å². The maximum Gasteiger partial charge on any atom is 0.188 e. The Morgan fingerprint density at radius 1 is 1.33 bits per heavy atom. The standard InChI is InChI=1S/C12H12N2S/c1-12(2,3)11-14-9-6-5-8(13-4)7-10(9)15-11/h5-7H,1-3H3. The molecule has 0 saturated heterocycles. The first-order chi connectivity index (χ1) is 7.00. The number of hydrogen-bond acceptors (Lipinski definition) is 2. The van der Waals surface area contributed by atoms with Crippen molar-refractivity contribution in [3.8, 4) is 0 Å². The van der Waals surface area contributed by atoms with Gasteiger partial charge in [-0.25, -0.2) is 9.83 Å². The Morgan fingerprint density at radius 2 is 2.07 bits per heavy atom. The number of hydrogen-bond donors (Lipinski definition) is 0. The van der Waals surface area contributed by atoms with Gasteiger partial charge in [-0.3, -0.25) is 0 Å². The molecule has 2 aromatic rings. The third kappa shape index (κ3) is 1.86. The van der Waals surface area contributed by atoms with Gasteiger partial charge in [-0.15, -0.1) is 11.3 Å². The zero-order valence-electron chi connectivity index (χ0n) is 9.03. The quantitative estimate of drug-likeness (QED) is 0.605. The molecule has 1 heterocycles. The van der Waals surface area contributed by atoms with E-state index in [0.717, 1.165) is 15.2 Å². The van der Waals surface area contributed by atoms with Crippen LogP contribution in [0.15, 0.2) is 18.2 Å². The molecule has 0 spiro atoms. The van der Waals surface area contributed by atoms with Gasteiger partial charge in [0.2, 0.25) is 0 Å². The maximum atomic E-state index is 6.96. The number of rotatable bonds is 0. The summed E-state index contributed by atoms with van der Waals surface area (Å²) in [6, 6.07) is 5.66. The van der Waals surface area contributed by atoms with Crippen LogP contribution in [-0.2, 0) is 5.41 Å². The van der Waals surface area contributed by atoms with Crippen LogP contribution in [0.4, 0.5) is 5.69 Å². The van der Waals surface area contributed by atoms with Gasteiger partial charge >= 0.3 is 0 Å². The zero-order chi connectivity index (χ0) is 11.1. The molecule has 0 aliphatic rings. The van der Waals surface area contributed by atoms with Gasteiger partial charge in [-0.2, -0.15) is 0 Å². The van der Waals surface area contributed by atoms with E-state index in [9.17, 15) is 0 Å². The topological polar surface area (TPSA) is 17.2 Å². The predicted molar refractivity (Wildman–Crippen MR) is 64.6 cm³/mol. The van der Waals surface area contributed by atoms with Gasteiger partial charge in [0.1, 0.15) is 0 Å². The van der Waals surface area contributed by atoms with E-state index in [1.54, 1.807) is 11.3 Å². The van der Waals surface area contributed by atoms with Crippen molar-refractivity contribution < 1.29 is 0 Å². The lowest BCUT2D eigenvalue weighted by atomic mass is 9.98. The van der Waals surface area contributed by atoms with Crippen molar-refractivity contribution in [3.05, 3.63) is 34.6 Å². The second-order valence-electron chi connectivity index (χ2n) is 4.53. The van der Waals surface area contributed by atoms with E-state index in [4.69, 9.17) is 6.57 Å². The number of thiazole rings is 1. The number of benzene rings is 1. The molecule has 0 saturated carbocycles. The SMILES string of the molecule is [C-]#[N+]c1ccc2nc(C(C)(C)C)sc2c1. The van der Waals surface area contributed by atoms with Crippen molar-refractivity contribution in [3.63, 3.8) is 0 Å². The summed E-state index contributed by atoms with van der Waals surface area (Å²) in [5, 5.41) is 1.12. The minimum atomic E-state index is 0.0853. The molecule has 1 aromatic heterocycles. The molecule has 0 N–H and O–H groups in total. The molecule has 3 heteroatoms. The van der Waals surface area contributed by atoms with E-state index in [0.29, 0.717) is 5.69 Å². The third-order valence-corrected chi connectivity index (χ3v) is 3.59. The van der Waals surface area contributed by atoms with Crippen molar-refractivity contribution in [1.29, 1.82) is 0 Å². The fourth-order valence-electron chi connectivity index (χ4n) is 1.30. The highest BCUT2D eigenvalue weighted by molar-refractivity contribution is 7.18. The van der Waals surface area contributed by atoms with Crippen LogP contribution in [-0.4, -0.2) is 4.98 Å².